The fraction of sp³-hybridized carbons (Fsp3) is 0.667. The van der Waals surface area contributed by atoms with E-state index in [-0.39, 0.29) is 11.4 Å². The summed E-state index contributed by atoms with van der Waals surface area (Å²) in [4.78, 5) is 18.7. The van der Waals surface area contributed by atoms with Crippen LogP contribution in [0.3, 0.4) is 0 Å². The average molecular weight is 268 g/mol. The molecule has 0 spiro atoms. The predicted octanol–water partition coefficient (Wildman–Crippen LogP) is 2.17. The molecule has 0 aromatic carbocycles. The minimum atomic E-state index is -0.0903. The minimum absolute atomic E-state index is 0.0190. The molecule has 1 saturated carbocycles. The molecule has 6 heteroatoms. The molecule has 1 heterocycles. The van der Waals surface area contributed by atoms with E-state index in [4.69, 9.17) is 5.73 Å². The van der Waals surface area contributed by atoms with E-state index in [1.54, 1.807) is 4.90 Å². The molecule has 1 aromatic heterocycles. The standard InChI is InChI=1S/C12H20N4OS/c1-12(2,3)15-11-14-9(13)8(18-11)10(17)16(4)7-5-6-7/h7H,5-6,13H2,1-4H3,(H,14,15). The van der Waals surface area contributed by atoms with E-state index in [2.05, 4.69) is 10.3 Å². The van der Waals surface area contributed by atoms with Gasteiger partial charge in [-0.3, -0.25) is 4.79 Å². The molecule has 0 unspecified atom stereocenters. The summed E-state index contributed by atoms with van der Waals surface area (Å²) in [6.45, 7) is 6.13. The predicted molar refractivity (Wildman–Crippen MR) is 75.0 cm³/mol. The topological polar surface area (TPSA) is 71.2 Å². The van der Waals surface area contributed by atoms with Crippen molar-refractivity contribution in [2.75, 3.05) is 18.1 Å². The van der Waals surface area contributed by atoms with E-state index >= 15 is 0 Å². The number of amides is 1. The van der Waals surface area contributed by atoms with Crippen molar-refractivity contribution in [3.8, 4) is 0 Å². The van der Waals surface area contributed by atoms with Gasteiger partial charge >= 0.3 is 0 Å². The first-order chi connectivity index (χ1) is 8.28. The lowest BCUT2D eigenvalue weighted by Gasteiger charge is -2.19. The second-order valence-corrected chi connectivity index (χ2v) is 6.75. The van der Waals surface area contributed by atoms with Crippen LogP contribution < -0.4 is 11.1 Å². The Morgan fingerprint density at radius 2 is 2.11 bits per heavy atom. The Bertz CT molecular complexity index is 459. The number of nitrogen functional groups attached to an aromatic ring is 1. The molecule has 3 N–H and O–H groups in total. The zero-order valence-corrected chi connectivity index (χ0v) is 12.1. The van der Waals surface area contributed by atoms with Crippen molar-refractivity contribution in [3.05, 3.63) is 4.88 Å². The van der Waals surface area contributed by atoms with Crippen LogP contribution in [0.2, 0.25) is 0 Å². The van der Waals surface area contributed by atoms with Crippen LogP contribution in [0.4, 0.5) is 10.9 Å². The van der Waals surface area contributed by atoms with E-state index in [0.717, 1.165) is 12.8 Å². The third-order valence-corrected chi connectivity index (χ3v) is 3.72. The second kappa shape index (κ2) is 4.42. The summed E-state index contributed by atoms with van der Waals surface area (Å²) >= 11 is 1.33. The summed E-state index contributed by atoms with van der Waals surface area (Å²) in [5.74, 6) is 0.304. The number of carbonyl (C=O) groups excluding carboxylic acids is 1. The first kappa shape index (κ1) is 13.1. The molecule has 1 aliphatic rings. The van der Waals surface area contributed by atoms with Crippen molar-refractivity contribution in [2.24, 2.45) is 0 Å². The number of rotatable bonds is 3. The van der Waals surface area contributed by atoms with E-state index in [1.807, 2.05) is 27.8 Å². The third kappa shape index (κ3) is 2.93. The van der Waals surface area contributed by atoms with Gasteiger partial charge in [0.2, 0.25) is 0 Å². The number of carbonyl (C=O) groups is 1. The zero-order valence-electron chi connectivity index (χ0n) is 11.3. The first-order valence-corrected chi connectivity index (χ1v) is 6.91. The highest BCUT2D eigenvalue weighted by atomic mass is 32.1. The number of thiazole rings is 1. The fourth-order valence-electron chi connectivity index (χ4n) is 1.65. The highest BCUT2D eigenvalue weighted by Gasteiger charge is 2.32. The summed E-state index contributed by atoms with van der Waals surface area (Å²) in [6, 6.07) is 0.387. The second-order valence-electron chi connectivity index (χ2n) is 5.76. The SMILES string of the molecule is CN(C(=O)c1sc(NC(C)(C)C)nc1N)C1CC1. The van der Waals surface area contributed by atoms with Gasteiger partial charge in [0.05, 0.1) is 0 Å². The summed E-state index contributed by atoms with van der Waals surface area (Å²) in [5.41, 5.74) is 5.74. The lowest BCUT2D eigenvalue weighted by molar-refractivity contribution is 0.0790. The summed E-state index contributed by atoms with van der Waals surface area (Å²) in [6.07, 6.45) is 2.18. The Morgan fingerprint density at radius 3 is 2.61 bits per heavy atom. The maximum Gasteiger partial charge on any atom is 0.267 e. The van der Waals surface area contributed by atoms with Crippen molar-refractivity contribution in [3.63, 3.8) is 0 Å². The van der Waals surface area contributed by atoms with Gasteiger partial charge in [-0.25, -0.2) is 4.98 Å². The van der Waals surface area contributed by atoms with Gasteiger partial charge in [-0.15, -0.1) is 0 Å². The van der Waals surface area contributed by atoms with Gasteiger partial charge in [0, 0.05) is 18.6 Å². The molecule has 0 atom stereocenters. The van der Waals surface area contributed by atoms with Crippen molar-refractivity contribution in [1.29, 1.82) is 0 Å². The van der Waals surface area contributed by atoms with Gasteiger partial charge in [-0.05, 0) is 33.6 Å². The van der Waals surface area contributed by atoms with Crippen LogP contribution in [-0.4, -0.2) is 34.4 Å². The Kier molecular flexibility index (Phi) is 3.23. The molecule has 18 heavy (non-hydrogen) atoms. The van der Waals surface area contributed by atoms with Crippen LogP contribution in [0, 0.1) is 0 Å². The van der Waals surface area contributed by atoms with Crippen LogP contribution >= 0.6 is 11.3 Å². The molecule has 1 aliphatic carbocycles. The molecule has 1 amide bonds. The molecule has 0 radical (unpaired) electrons. The number of nitrogens with one attached hydrogen (secondary N) is 1. The van der Waals surface area contributed by atoms with Crippen LogP contribution in [0.5, 0.6) is 0 Å². The molecule has 5 nitrogen and oxygen atoms in total. The Hall–Kier alpha value is -1.30. The molecular formula is C12H20N4OS. The number of nitrogens with zero attached hydrogens (tertiary/aromatic N) is 2. The van der Waals surface area contributed by atoms with Crippen LogP contribution in [0.15, 0.2) is 0 Å². The lowest BCUT2D eigenvalue weighted by atomic mass is 10.1. The molecule has 0 bridgehead atoms. The molecule has 0 aliphatic heterocycles. The van der Waals surface area contributed by atoms with Crippen molar-refractivity contribution in [1.82, 2.24) is 9.88 Å². The maximum absolute atomic E-state index is 12.2. The molecule has 1 fully saturated rings. The average Bonchev–Trinajstić information content (AvgIpc) is 3.00. The molecule has 1 aromatic rings. The highest BCUT2D eigenvalue weighted by Crippen LogP contribution is 2.32. The van der Waals surface area contributed by atoms with Crippen LogP contribution in [0.1, 0.15) is 43.3 Å². The number of nitrogens with two attached hydrogens (primary N) is 1. The van der Waals surface area contributed by atoms with Gasteiger partial charge in [0.25, 0.3) is 5.91 Å². The number of hydrogen-bond donors (Lipinski definition) is 2. The zero-order chi connectivity index (χ0) is 13.5. The molecular weight excluding hydrogens is 248 g/mol. The quantitative estimate of drug-likeness (QED) is 0.881. The maximum atomic E-state index is 12.2. The fourth-order valence-corrected chi connectivity index (χ4v) is 2.72. The number of aromatic nitrogens is 1. The van der Waals surface area contributed by atoms with E-state index in [9.17, 15) is 4.79 Å². The Balaban J connectivity index is 2.15. The van der Waals surface area contributed by atoms with E-state index in [1.165, 1.54) is 11.3 Å². The Morgan fingerprint density at radius 1 is 1.50 bits per heavy atom. The molecule has 100 valence electrons. The lowest BCUT2D eigenvalue weighted by Crippen LogP contribution is -2.28. The minimum Gasteiger partial charge on any atom is -0.382 e. The van der Waals surface area contributed by atoms with Crippen LogP contribution in [0.25, 0.3) is 0 Å². The van der Waals surface area contributed by atoms with Gasteiger partial charge < -0.3 is 16.0 Å². The third-order valence-electron chi connectivity index (χ3n) is 2.74. The number of hydrogen-bond acceptors (Lipinski definition) is 5. The number of anilines is 2. The van der Waals surface area contributed by atoms with Crippen molar-refractivity contribution < 1.29 is 4.79 Å². The van der Waals surface area contributed by atoms with Crippen molar-refractivity contribution in [2.45, 2.75) is 45.2 Å². The Labute approximate surface area is 111 Å². The summed E-state index contributed by atoms with van der Waals surface area (Å²) in [7, 11) is 1.83. The highest BCUT2D eigenvalue weighted by molar-refractivity contribution is 7.18. The van der Waals surface area contributed by atoms with Gasteiger partial charge in [0.15, 0.2) is 5.13 Å². The van der Waals surface area contributed by atoms with Crippen LogP contribution in [-0.2, 0) is 0 Å². The summed E-state index contributed by atoms with van der Waals surface area (Å²) in [5, 5.41) is 3.94. The molecule has 2 rings (SSSR count). The normalized spacial score (nSPS) is 15.6. The van der Waals surface area contributed by atoms with Gasteiger partial charge in [0.1, 0.15) is 10.7 Å². The first-order valence-electron chi connectivity index (χ1n) is 6.09. The smallest absolute Gasteiger partial charge is 0.267 e. The molecule has 0 saturated heterocycles. The summed E-state index contributed by atoms with van der Waals surface area (Å²) < 4.78 is 0. The van der Waals surface area contributed by atoms with Crippen molar-refractivity contribution >= 4 is 28.2 Å². The van der Waals surface area contributed by atoms with Gasteiger partial charge in [-0.1, -0.05) is 11.3 Å². The van der Waals surface area contributed by atoms with E-state index in [0.29, 0.717) is 21.9 Å². The van der Waals surface area contributed by atoms with E-state index < -0.39 is 0 Å². The largest absolute Gasteiger partial charge is 0.382 e. The monoisotopic (exact) mass is 268 g/mol. The van der Waals surface area contributed by atoms with Gasteiger partial charge in [-0.2, -0.15) is 0 Å².